The van der Waals surface area contributed by atoms with E-state index in [1.807, 2.05) is 49.5 Å². The lowest BCUT2D eigenvalue weighted by Gasteiger charge is -2.20. The van der Waals surface area contributed by atoms with Crippen LogP contribution in [-0.4, -0.2) is 46.5 Å². The molecule has 0 aliphatic carbocycles. The summed E-state index contributed by atoms with van der Waals surface area (Å²) in [7, 11) is 1.61. The lowest BCUT2D eigenvalue weighted by molar-refractivity contribution is 0.0949. The summed E-state index contributed by atoms with van der Waals surface area (Å²) in [6, 6.07) is 13.8. The SMILES string of the molecule is CCOc1ccc(C(CNC(=O)c2cnc3n(c2=O)CCS3)c2c[nH]c3ccccc23)cc1OC. The highest BCUT2D eigenvalue weighted by Gasteiger charge is 2.24. The van der Waals surface area contributed by atoms with Crippen molar-refractivity contribution >= 4 is 28.6 Å². The Morgan fingerprint density at radius 3 is 2.94 bits per heavy atom. The first-order valence-corrected chi connectivity index (χ1v) is 12.5. The van der Waals surface area contributed by atoms with Gasteiger partial charge >= 0.3 is 0 Å². The van der Waals surface area contributed by atoms with E-state index >= 15 is 0 Å². The summed E-state index contributed by atoms with van der Waals surface area (Å²) in [5, 5.41) is 4.70. The van der Waals surface area contributed by atoms with Gasteiger partial charge in [-0.1, -0.05) is 36.0 Å². The third-order valence-electron chi connectivity index (χ3n) is 6.15. The summed E-state index contributed by atoms with van der Waals surface area (Å²) in [5.74, 6) is 1.45. The number of aromatic amines is 1. The number of amides is 1. The molecule has 3 heterocycles. The van der Waals surface area contributed by atoms with Gasteiger partial charge < -0.3 is 19.8 Å². The zero-order valence-corrected chi connectivity index (χ0v) is 20.4. The number of fused-ring (bicyclic) bond motifs is 2. The molecule has 2 aromatic carbocycles. The molecule has 0 fully saturated rings. The lowest BCUT2D eigenvalue weighted by atomic mass is 9.90. The molecule has 0 bridgehead atoms. The minimum atomic E-state index is -0.433. The van der Waals surface area contributed by atoms with Crippen LogP contribution in [0.2, 0.25) is 0 Å². The standard InChI is InChI=1S/C26H26N4O4S/c1-3-34-22-9-8-16(12-23(22)33-2)18(19-14-27-21-7-5-4-6-17(19)21)13-28-24(31)20-15-29-26-30(25(20)32)10-11-35-26/h4-9,12,14-15,18,27H,3,10-11,13H2,1-2H3,(H,28,31). The van der Waals surface area contributed by atoms with Crippen LogP contribution in [0.3, 0.4) is 0 Å². The van der Waals surface area contributed by atoms with E-state index in [0.29, 0.717) is 29.8 Å². The number of nitrogens with zero attached hydrogens (tertiary/aromatic N) is 2. The third-order valence-corrected chi connectivity index (χ3v) is 7.13. The average molecular weight is 491 g/mol. The van der Waals surface area contributed by atoms with Crippen LogP contribution in [0.4, 0.5) is 0 Å². The van der Waals surface area contributed by atoms with E-state index in [1.54, 1.807) is 11.7 Å². The number of thioether (sulfide) groups is 1. The van der Waals surface area contributed by atoms with Crippen LogP contribution in [-0.2, 0) is 6.54 Å². The van der Waals surface area contributed by atoms with Crippen molar-refractivity contribution in [2.24, 2.45) is 0 Å². The van der Waals surface area contributed by atoms with E-state index in [9.17, 15) is 9.59 Å². The number of H-pyrrole nitrogens is 1. The van der Waals surface area contributed by atoms with Crippen molar-refractivity contribution in [3.05, 3.63) is 81.9 Å². The Morgan fingerprint density at radius 1 is 1.26 bits per heavy atom. The summed E-state index contributed by atoms with van der Waals surface area (Å²) in [4.78, 5) is 33.5. The molecule has 35 heavy (non-hydrogen) atoms. The number of hydrogen-bond acceptors (Lipinski definition) is 6. The van der Waals surface area contributed by atoms with Crippen molar-refractivity contribution in [2.45, 2.75) is 24.5 Å². The molecule has 1 amide bonds. The van der Waals surface area contributed by atoms with Crippen LogP contribution >= 0.6 is 11.8 Å². The minimum Gasteiger partial charge on any atom is -0.493 e. The second-order valence-corrected chi connectivity index (χ2v) is 9.22. The molecular weight excluding hydrogens is 464 g/mol. The van der Waals surface area contributed by atoms with E-state index in [0.717, 1.165) is 27.8 Å². The number of benzene rings is 2. The second-order valence-electron chi connectivity index (χ2n) is 8.16. The maximum absolute atomic E-state index is 13.1. The van der Waals surface area contributed by atoms with Gasteiger partial charge in [0.1, 0.15) is 5.56 Å². The average Bonchev–Trinajstić information content (AvgIpc) is 3.53. The fraction of sp³-hybridized carbons (Fsp3) is 0.269. The lowest BCUT2D eigenvalue weighted by Crippen LogP contribution is -2.35. The van der Waals surface area contributed by atoms with Gasteiger partial charge in [0.05, 0.1) is 13.7 Å². The molecule has 0 saturated heterocycles. The van der Waals surface area contributed by atoms with Gasteiger partial charge in [0, 0.05) is 48.1 Å². The van der Waals surface area contributed by atoms with Crippen molar-refractivity contribution < 1.29 is 14.3 Å². The fourth-order valence-corrected chi connectivity index (χ4v) is 5.34. The zero-order chi connectivity index (χ0) is 24.4. The van der Waals surface area contributed by atoms with E-state index in [-0.39, 0.29) is 23.6 Å². The highest BCUT2D eigenvalue weighted by molar-refractivity contribution is 7.99. The van der Waals surface area contributed by atoms with Crippen LogP contribution in [0.15, 0.2) is 64.8 Å². The van der Waals surface area contributed by atoms with Gasteiger partial charge in [-0.15, -0.1) is 0 Å². The molecule has 2 aromatic heterocycles. The van der Waals surface area contributed by atoms with Crippen molar-refractivity contribution in [1.29, 1.82) is 0 Å². The Kier molecular flexibility index (Phi) is 6.50. The van der Waals surface area contributed by atoms with E-state index in [1.165, 1.54) is 18.0 Å². The summed E-state index contributed by atoms with van der Waals surface area (Å²) < 4.78 is 12.8. The molecular formula is C26H26N4O4S. The molecule has 0 radical (unpaired) electrons. The van der Waals surface area contributed by atoms with Crippen molar-refractivity contribution in [3.8, 4) is 11.5 Å². The van der Waals surface area contributed by atoms with Crippen LogP contribution in [0, 0.1) is 0 Å². The molecule has 1 aliphatic heterocycles. The third kappa shape index (κ3) is 4.39. The number of nitrogens with one attached hydrogen (secondary N) is 2. The maximum atomic E-state index is 13.1. The highest BCUT2D eigenvalue weighted by Crippen LogP contribution is 2.36. The Morgan fingerprint density at radius 2 is 2.11 bits per heavy atom. The molecule has 5 rings (SSSR count). The summed E-state index contributed by atoms with van der Waals surface area (Å²) in [6.45, 7) is 3.30. The van der Waals surface area contributed by atoms with Crippen molar-refractivity contribution in [2.75, 3.05) is 26.0 Å². The van der Waals surface area contributed by atoms with Gasteiger partial charge in [0.15, 0.2) is 16.7 Å². The molecule has 4 aromatic rings. The van der Waals surface area contributed by atoms with Gasteiger partial charge in [0.2, 0.25) is 0 Å². The molecule has 0 spiro atoms. The Bertz CT molecular complexity index is 1450. The number of rotatable bonds is 8. The molecule has 180 valence electrons. The number of carbonyl (C=O) groups is 1. The number of methoxy groups -OCH3 is 1. The first kappa shape index (κ1) is 23.0. The highest BCUT2D eigenvalue weighted by atomic mass is 32.2. The number of ether oxygens (including phenoxy) is 2. The van der Waals surface area contributed by atoms with Crippen molar-refractivity contribution in [3.63, 3.8) is 0 Å². The second kappa shape index (κ2) is 9.87. The van der Waals surface area contributed by atoms with E-state index in [4.69, 9.17) is 9.47 Å². The van der Waals surface area contributed by atoms with E-state index < -0.39 is 5.91 Å². The number of para-hydroxylation sites is 1. The normalized spacial score (nSPS) is 13.4. The Hall–Kier alpha value is -3.72. The largest absolute Gasteiger partial charge is 0.493 e. The molecule has 0 saturated carbocycles. The van der Waals surface area contributed by atoms with Gasteiger partial charge in [-0.25, -0.2) is 4.98 Å². The van der Waals surface area contributed by atoms with Gasteiger partial charge in [-0.3, -0.25) is 14.2 Å². The molecule has 1 atom stereocenters. The Labute approximate surface area is 206 Å². The first-order chi connectivity index (χ1) is 17.1. The molecule has 1 unspecified atom stereocenters. The first-order valence-electron chi connectivity index (χ1n) is 11.5. The predicted molar refractivity (Wildman–Crippen MR) is 136 cm³/mol. The Balaban J connectivity index is 1.49. The molecule has 8 nitrogen and oxygen atoms in total. The zero-order valence-electron chi connectivity index (χ0n) is 19.5. The molecule has 9 heteroatoms. The number of carbonyl (C=O) groups excluding carboxylic acids is 1. The van der Waals surface area contributed by atoms with Crippen LogP contribution in [0.1, 0.15) is 34.3 Å². The number of hydrogen-bond donors (Lipinski definition) is 2. The minimum absolute atomic E-state index is 0.0539. The fourth-order valence-electron chi connectivity index (χ4n) is 4.43. The van der Waals surface area contributed by atoms with Gasteiger partial charge in [-0.2, -0.15) is 0 Å². The van der Waals surface area contributed by atoms with Crippen LogP contribution < -0.4 is 20.3 Å². The smallest absolute Gasteiger partial charge is 0.267 e. The monoisotopic (exact) mass is 490 g/mol. The van der Waals surface area contributed by atoms with Gasteiger partial charge in [0.25, 0.3) is 11.5 Å². The van der Waals surface area contributed by atoms with Gasteiger partial charge in [-0.05, 0) is 36.2 Å². The van der Waals surface area contributed by atoms with Crippen LogP contribution in [0.5, 0.6) is 11.5 Å². The quantitative estimate of drug-likeness (QED) is 0.365. The predicted octanol–water partition coefficient (Wildman–Crippen LogP) is 3.80. The summed E-state index contributed by atoms with van der Waals surface area (Å²) in [5.41, 5.74) is 2.75. The van der Waals surface area contributed by atoms with Crippen molar-refractivity contribution in [1.82, 2.24) is 19.9 Å². The van der Waals surface area contributed by atoms with E-state index in [2.05, 4.69) is 21.4 Å². The van der Waals surface area contributed by atoms with Crippen LogP contribution in [0.25, 0.3) is 10.9 Å². The maximum Gasteiger partial charge on any atom is 0.267 e. The molecule has 2 N–H and O–H groups in total. The topological polar surface area (TPSA) is 98.2 Å². The summed E-state index contributed by atoms with van der Waals surface area (Å²) in [6.07, 6.45) is 3.34. The summed E-state index contributed by atoms with van der Waals surface area (Å²) >= 11 is 1.52. The molecule has 1 aliphatic rings. The number of aromatic nitrogens is 3.